The molecule has 1 aromatic rings. The molecule has 0 heterocycles. The third-order valence-corrected chi connectivity index (χ3v) is 7.73. The molecule has 1 aromatic carbocycles. The van der Waals surface area contributed by atoms with Crippen molar-refractivity contribution in [1.82, 2.24) is 0 Å². The molecule has 2 rings (SSSR count). The van der Waals surface area contributed by atoms with Crippen LogP contribution in [0.3, 0.4) is 0 Å². The molecule has 1 fully saturated rings. The van der Waals surface area contributed by atoms with Crippen molar-refractivity contribution < 1.29 is 19.1 Å². The standard InChI is InChI=1S/C33H51NO4/c1-5-6-7-8-9-10-11-12-13-14-15-16-17-18-19-24-38-32(37)27-20-22-28(23-21-27)34-30-29(35)25-33(3,4)26(2)31(30)36/h20-23,30,34H,2,5-19,24-25H2,1,3-4H3. The molecule has 0 saturated heterocycles. The van der Waals surface area contributed by atoms with Gasteiger partial charge in [-0.15, -0.1) is 0 Å². The number of anilines is 1. The van der Waals surface area contributed by atoms with E-state index >= 15 is 0 Å². The molecule has 0 spiro atoms. The molecule has 0 amide bonds. The summed E-state index contributed by atoms with van der Waals surface area (Å²) in [5, 5.41) is 3.00. The summed E-state index contributed by atoms with van der Waals surface area (Å²) in [6.07, 6.45) is 19.8. The van der Waals surface area contributed by atoms with Gasteiger partial charge in [0.25, 0.3) is 0 Å². The van der Waals surface area contributed by atoms with Gasteiger partial charge in [-0.1, -0.05) is 117 Å². The van der Waals surface area contributed by atoms with Crippen molar-refractivity contribution in [2.75, 3.05) is 11.9 Å². The summed E-state index contributed by atoms with van der Waals surface area (Å²) in [6.45, 7) is 10.3. The number of esters is 1. The second-order valence-corrected chi connectivity index (χ2v) is 11.6. The fourth-order valence-corrected chi connectivity index (χ4v) is 5.04. The normalized spacial score (nSPS) is 17.0. The van der Waals surface area contributed by atoms with Crippen molar-refractivity contribution in [3.8, 4) is 0 Å². The summed E-state index contributed by atoms with van der Waals surface area (Å²) in [4.78, 5) is 37.4. The SMILES string of the molecule is C=C1C(=O)C(Nc2ccc(C(=O)OCCCCCCCCCCCCCCCCC)cc2)C(=O)CC1(C)C. The number of rotatable bonds is 19. The molecule has 0 aromatic heterocycles. The Morgan fingerprint density at radius 2 is 1.32 bits per heavy atom. The molecule has 0 bridgehead atoms. The lowest BCUT2D eigenvalue weighted by atomic mass is 9.71. The first-order chi connectivity index (χ1) is 18.3. The van der Waals surface area contributed by atoms with Crippen LogP contribution in [0.2, 0.25) is 0 Å². The van der Waals surface area contributed by atoms with Crippen LogP contribution < -0.4 is 5.32 Å². The van der Waals surface area contributed by atoms with Gasteiger partial charge in [-0.2, -0.15) is 0 Å². The van der Waals surface area contributed by atoms with E-state index in [-0.39, 0.29) is 24.0 Å². The van der Waals surface area contributed by atoms with Gasteiger partial charge in [0.05, 0.1) is 12.2 Å². The van der Waals surface area contributed by atoms with Crippen molar-refractivity contribution in [3.63, 3.8) is 0 Å². The highest BCUT2D eigenvalue weighted by Gasteiger charge is 2.42. The maximum Gasteiger partial charge on any atom is 0.338 e. The fraction of sp³-hybridized carbons (Fsp3) is 0.667. The lowest BCUT2D eigenvalue weighted by molar-refractivity contribution is -0.130. The van der Waals surface area contributed by atoms with Gasteiger partial charge in [-0.05, 0) is 41.7 Å². The molecule has 1 aliphatic carbocycles. The quantitative estimate of drug-likeness (QED) is 0.0847. The second-order valence-electron chi connectivity index (χ2n) is 11.6. The molecule has 5 heteroatoms. The highest BCUT2D eigenvalue weighted by atomic mass is 16.5. The van der Waals surface area contributed by atoms with E-state index < -0.39 is 11.5 Å². The summed E-state index contributed by atoms with van der Waals surface area (Å²) < 4.78 is 5.42. The van der Waals surface area contributed by atoms with Crippen molar-refractivity contribution in [1.29, 1.82) is 0 Å². The molecule has 1 N–H and O–H groups in total. The van der Waals surface area contributed by atoms with Gasteiger partial charge < -0.3 is 10.1 Å². The topological polar surface area (TPSA) is 72.5 Å². The van der Waals surface area contributed by atoms with E-state index in [9.17, 15) is 14.4 Å². The Morgan fingerprint density at radius 3 is 1.82 bits per heavy atom. The van der Waals surface area contributed by atoms with E-state index in [1.165, 1.54) is 83.5 Å². The predicted molar refractivity (Wildman–Crippen MR) is 157 cm³/mol. The van der Waals surface area contributed by atoms with Crippen LogP contribution >= 0.6 is 0 Å². The minimum absolute atomic E-state index is 0.139. The number of hydrogen-bond donors (Lipinski definition) is 1. The number of benzene rings is 1. The summed E-state index contributed by atoms with van der Waals surface area (Å²) in [5.74, 6) is -0.750. The van der Waals surface area contributed by atoms with Gasteiger partial charge in [0.15, 0.2) is 11.6 Å². The van der Waals surface area contributed by atoms with E-state index in [4.69, 9.17) is 4.74 Å². The van der Waals surface area contributed by atoms with Crippen molar-refractivity contribution in [3.05, 3.63) is 42.0 Å². The summed E-state index contributed by atoms with van der Waals surface area (Å²) in [6, 6.07) is 5.81. The summed E-state index contributed by atoms with van der Waals surface area (Å²) in [7, 11) is 0. The first kappa shape index (κ1) is 31.8. The average Bonchev–Trinajstić information content (AvgIpc) is 2.89. The Balaban J connectivity index is 1.52. The highest BCUT2D eigenvalue weighted by Crippen LogP contribution is 2.36. The van der Waals surface area contributed by atoms with Crippen molar-refractivity contribution in [2.24, 2.45) is 5.41 Å². The van der Waals surface area contributed by atoms with Crippen LogP contribution in [0.5, 0.6) is 0 Å². The summed E-state index contributed by atoms with van der Waals surface area (Å²) >= 11 is 0. The fourth-order valence-electron chi connectivity index (χ4n) is 5.04. The minimum Gasteiger partial charge on any atom is -0.462 e. The Morgan fingerprint density at radius 1 is 0.842 bits per heavy atom. The molecule has 1 unspecified atom stereocenters. The van der Waals surface area contributed by atoms with Gasteiger partial charge in [-0.3, -0.25) is 9.59 Å². The van der Waals surface area contributed by atoms with Crippen molar-refractivity contribution in [2.45, 2.75) is 130 Å². The number of Topliss-reactive ketones (excluding diaryl/α,β-unsaturated/α-hetero) is 2. The van der Waals surface area contributed by atoms with Crippen molar-refractivity contribution >= 4 is 23.2 Å². The molecule has 1 saturated carbocycles. The molecule has 0 aliphatic heterocycles. The van der Waals surface area contributed by atoms with Gasteiger partial charge in [-0.25, -0.2) is 4.79 Å². The van der Waals surface area contributed by atoms with Gasteiger partial charge in [0.1, 0.15) is 6.04 Å². The lowest BCUT2D eigenvalue weighted by Crippen LogP contribution is -2.47. The Bertz CT molecular complexity index is 887. The summed E-state index contributed by atoms with van der Waals surface area (Å²) in [5.41, 5.74) is 1.03. The molecular formula is C33H51NO4. The maximum absolute atomic E-state index is 12.6. The van der Waals surface area contributed by atoms with Crippen LogP contribution in [-0.2, 0) is 14.3 Å². The second kappa shape index (κ2) is 17.2. The van der Waals surface area contributed by atoms with E-state index in [1.54, 1.807) is 24.3 Å². The zero-order valence-corrected chi connectivity index (χ0v) is 24.2. The maximum atomic E-state index is 12.6. The number of ketones is 2. The van der Waals surface area contributed by atoms with Crippen LogP contribution in [-0.4, -0.2) is 30.2 Å². The monoisotopic (exact) mass is 525 g/mol. The number of ether oxygens (including phenoxy) is 1. The number of unbranched alkanes of at least 4 members (excludes halogenated alkanes) is 14. The average molecular weight is 526 g/mol. The van der Waals surface area contributed by atoms with Crippen LogP contribution in [0.15, 0.2) is 36.4 Å². The van der Waals surface area contributed by atoms with E-state index in [2.05, 4.69) is 18.8 Å². The first-order valence-electron chi connectivity index (χ1n) is 15.1. The van der Waals surface area contributed by atoms with Crippen LogP contribution in [0, 0.1) is 5.41 Å². The van der Waals surface area contributed by atoms with Gasteiger partial charge >= 0.3 is 5.97 Å². The molecular weight excluding hydrogens is 474 g/mol. The smallest absolute Gasteiger partial charge is 0.338 e. The molecule has 1 aliphatic rings. The molecule has 212 valence electrons. The van der Waals surface area contributed by atoms with E-state index in [0.29, 0.717) is 23.4 Å². The minimum atomic E-state index is -0.918. The van der Waals surface area contributed by atoms with Gasteiger partial charge in [0, 0.05) is 12.1 Å². The molecule has 38 heavy (non-hydrogen) atoms. The first-order valence-corrected chi connectivity index (χ1v) is 15.1. The number of hydrogen-bond acceptors (Lipinski definition) is 5. The number of carbonyl (C=O) groups excluding carboxylic acids is 3. The van der Waals surface area contributed by atoms with Crippen LogP contribution in [0.4, 0.5) is 5.69 Å². The predicted octanol–water partition coefficient (Wildman–Crippen LogP) is 8.62. The molecule has 1 atom stereocenters. The third-order valence-electron chi connectivity index (χ3n) is 7.73. The van der Waals surface area contributed by atoms with E-state index in [0.717, 1.165) is 12.8 Å². The molecule has 0 radical (unpaired) electrons. The number of carbonyl (C=O) groups is 3. The zero-order valence-electron chi connectivity index (χ0n) is 24.2. The Hall–Kier alpha value is -2.43. The zero-order chi connectivity index (χ0) is 27.8. The van der Waals surface area contributed by atoms with Crippen LogP contribution in [0.1, 0.15) is 134 Å². The Labute approximate surface area is 231 Å². The Kier molecular flexibility index (Phi) is 14.4. The van der Waals surface area contributed by atoms with E-state index in [1.807, 2.05) is 13.8 Å². The molecule has 5 nitrogen and oxygen atoms in total. The van der Waals surface area contributed by atoms with Crippen LogP contribution in [0.25, 0.3) is 0 Å². The largest absolute Gasteiger partial charge is 0.462 e. The third kappa shape index (κ3) is 11.1. The van der Waals surface area contributed by atoms with Gasteiger partial charge in [0.2, 0.25) is 0 Å². The highest BCUT2D eigenvalue weighted by molar-refractivity contribution is 6.18. The number of nitrogens with one attached hydrogen (secondary N) is 1. The lowest BCUT2D eigenvalue weighted by Gasteiger charge is -2.34.